The Morgan fingerprint density at radius 1 is 1.19 bits per heavy atom. The summed E-state index contributed by atoms with van der Waals surface area (Å²) in [6.45, 7) is 3.16. The minimum atomic E-state index is -3.52. The van der Waals surface area contributed by atoms with E-state index in [2.05, 4.69) is 10.3 Å². The quantitative estimate of drug-likeness (QED) is 0.394. The number of nitrogens with one attached hydrogen (secondary N) is 1. The first-order chi connectivity index (χ1) is 17.6. The average Bonchev–Trinajstić information content (AvgIpc) is 3.36. The first kappa shape index (κ1) is 28.1. The number of methoxy groups -OCH3 is 1. The summed E-state index contributed by atoms with van der Waals surface area (Å²) in [5.74, 6) is 0.556. The number of sulfone groups is 1. The molecule has 2 amide bonds. The van der Waals surface area contributed by atoms with Crippen LogP contribution < -0.4 is 10.1 Å². The number of amidine groups is 1. The second-order valence-electron chi connectivity index (χ2n) is 8.53. The Morgan fingerprint density at radius 3 is 2.57 bits per heavy atom. The van der Waals surface area contributed by atoms with E-state index in [1.165, 1.54) is 23.0 Å². The summed E-state index contributed by atoms with van der Waals surface area (Å²) in [5, 5.41) is 12.1. The minimum Gasteiger partial charge on any atom is -0.497 e. The molecule has 1 heterocycles. The van der Waals surface area contributed by atoms with Crippen molar-refractivity contribution in [1.82, 2.24) is 15.1 Å². The summed E-state index contributed by atoms with van der Waals surface area (Å²) >= 11 is 0. The molecular weight excluding hydrogens is 500 g/mol. The molecule has 0 aromatic heterocycles. The fourth-order valence-corrected chi connectivity index (χ4v) is 5.19. The Bertz CT molecular complexity index is 1250. The first-order valence-electron chi connectivity index (χ1n) is 11.7. The third-order valence-corrected chi connectivity index (χ3v) is 7.50. The van der Waals surface area contributed by atoms with Gasteiger partial charge in [0, 0.05) is 25.7 Å². The first-order valence-corrected chi connectivity index (χ1v) is 13.3. The van der Waals surface area contributed by atoms with Gasteiger partial charge in [-0.25, -0.2) is 13.2 Å². The molecule has 200 valence electrons. The van der Waals surface area contributed by atoms with Crippen LogP contribution in [-0.4, -0.2) is 94.0 Å². The highest BCUT2D eigenvalue weighted by Crippen LogP contribution is 2.21. The third kappa shape index (κ3) is 7.51. The van der Waals surface area contributed by atoms with Crippen LogP contribution >= 0.6 is 0 Å². The van der Waals surface area contributed by atoms with Crippen LogP contribution in [0, 0.1) is 6.92 Å². The van der Waals surface area contributed by atoms with Crippen LogP contribution in [0.25, 0.3) is 0 Å². The van der Waals surface area contributed by atoms with E-state index < -0.39 is 15.9 Å². The molecule has 11 nitrogen and oxygen atoms in total. The Labute approximate surface area is 216 Å². The Kier molecular flexibility index (Phi) is 9.61. The van der Waals surface area contributed by atoms with E-state index in [0.29, 0.717) is 42.3 Å². The number of ether oxygens (including phenoxy) is 2. The van der Waals surface area contributed by atoms with Crippen molar-refractivity contribution in [2.45, 2.75) is 18.4 Å². The van der Waals surface area contributed by atoms with Gasteiger partial charge in [-0.15, -0.1) is 0 Å². The average molecular weight is 533 g/mol. The van der Waals surface area contributed by atoms with Gasteiger partial charge in [0.15, 0.2) is 9.84 Å². The second-order valence-corrected chi connectivity index (χ2v) is 10.5. The van der Waals surface area contributed by atoms with Crippen molar-refractivity contribution in [3.63, 3.8) is 0 Å². The predicted molar refractivity (Wildman–Crippen MR) is 138 cm³/mol. The van der Waals surface area contributed by atoms with Crippen molar-refractivity contribution >= 4 is 27.7 Å². The molecule has 2 N–H and O–H groups in total. The van der Waals surface area contributed by atoms with Crippen LogP contribution in [0.3, 0.4) is 0 Å². The molecule has 2 aromatic carbocycles. The summed E-state index contributed by atoms with van der Waals surface area (Å²) in [4.78, 5) is 30.9. The largest absolute Gasteiger partial charge is 0.497 e. The van der Waals surface area contributed by atoms with Crippen molar-refractivity contribution in [2.75, 3.05) is 52.9 Å². The standard InChI is InChI=1S/C25H32N4O7S/c1-18-14-21(35-3)8-9-22(18)37(33,34)17-26-11-13-36-16-23(30)28(2)15-19-4-6-20(7-5-19)24-27-10-12-29(24)25(31)32/h4-9,14,26H,10-13,15-17H2,1-3H3,(H,31,32). The molecule has 3 rings (SSSR count). The van der Waals surface area contributed by atoms with E-state index in [1.54, 1.807) is 38.2 Å². The summed E-state index contributed by atoms with van der Waals surface area (Å²) in [5.41, 5.74) is 2.19. The predicted octanol–water partition coefficient (Wildman–Crippen LogP) is 1.74. The van der Waals surface area contributed by atoms with Crippen LogP contribution in [0.2, 0.25) is 0 Å². The SMILES string of the molecule is COc1ccc(S(=O)(=O)CNCCOCC(=O)N(C)Cc2ccc(C3=NCCN3C(=O)O)cc2)c(C)c1. The number of carbonyl (C=O) groups is 2. The molecule has 0 saturated carbocycles. The molecule has 0 fully saturated rings. The molecule has 1 aliphatic rings. The Hall–Kier alpha value is -3.48. The highest BCUT2D eigenvalue weighted by molar-refractivity contribution is 7.91. The molecule has 0 atom stereocenters. The fraction of sp³-hybridized carbons (Fsp3) is 0.400. The molecule has 0 saturated heterocycles. The maximum atomic E-state index is 12.6. The van der Waals surface area contributed by atoms with E-state index in [-0.39, 0.29) is 36.4 Å². The third-order valence-electron chi connectivity index (χ3n) is 5.79. The van der Waals surface area contributed by atoms with Gasteiger partial charge in [0.2, 0.25) is 5.91 Å². The number of nitrogens with zero attached hydrogens (tertiary/aromatic N) is 3. The summed E-state index contributed by atoms with van der Waals surface area (Å²) in [7, 11) is -0.336. The number of hydrogen-bond donors (Lipinski definition) is 2. The van der Waals surface area contributed by atoms with Crippen LogP contribution in [0.4, 0.5) is 4.79 Å². The molecule has 0 unspecified atom stereocenters. The Balaban J connectivity index is 1.38. The van der Waals surface area contributed by atoms with Gasteiger partial charge in [0.25, 0.3) is 0 Å². The lowest BCUT2D eigenvalue weighted by Crippen LogP contribution is -2.33. The number of rotatable bonds is 12. The number of aliphatic imine (C=N–C) groups is 1. The number of benzene rings is 2. The molecule has 0 spiro atoms. The van der Waals surface area contributed by atoms with Crippen molar-refractivity contribution < 1.29 is 32.6 Å². The van der Waals surface area contributed by atoms with Crippen molar-refractivity contribution in [3.8, 4) is 5.75 Å². The maximum absolute atomic E-state index is 12.6. The second kappa shape index (κ2) is 12.7. The number of aryl methyl sites for hydroxylation is 1. The van der Waals surface area contributed by atoms with Crippen LogP contribution in [0.1, 0.15) is 16.7 Å². The zero-order chi connectivity index (χ0) is 27.0. The van der Waals surface area contributed by atoms with E-state index >= 15 is 0 Å². The van der Waals surface area contributed by atoms with Gasteiger partial charge in [0.1, 0.15) is 24.1 Å². The van der Waals surface area contributed by atoms with Crippen LogP contribution in [0.5, 0.6) is 5.75 Å². The highest BCUT2D eigenvalue weighted by Gasteiger charge is 2.24. The van der Waals surface area contributed by atoms with Gasteiger partial charge in [0.05, 0.1) is 31.7 Å². The maximum Gasteiger partial charge on any atom is 0.413 e. The van der Waals surface area contributed by atoms with Gasteiger partial charge in [-0.3, -0.25) is 14.7 Å². The summed E-state index contributed by atoms with van der Waals surface area (Å²) < 4.78 is 35.6. The van der Waals surface area contributed by atoms with E-state index in [9.17, 15) is 23.1 Å². The normalized spacial score (nSPS) is 13.4. The lowest BCUT2D eigenvalue weighted by molar-refractivity contribution is -0.135. The lowest BCUT2D eigenvalue weighted by Gasteiger charge is -2.18. The zero-order valence-corrected chi connectivity index (χ0v) is 22.0. The summed E-state index contributed by atoms with van der Waals surface area (Å²) in [6, 6.07) is 12.0. The minimum absolute atomic E-state index is 0.134. The molecular formula is C25H32N4O7S. The fourth-order valence-electron chi connectivity index (χ4n) is 3.80. The summed E-state index contributed by atoms with van der Waals surface area (Å²) in [6.07, 6.45) is -1.03. The zero-order valence-electron chi connectivity index (χ0n) is 21.1. The molecule has 1 aliphatic heterocycles. The van der Waals surface area contributed by atoms with Crippen LogP contribution in [-0.2, 0) is 25.9 Å². The number of likely N-dealkylation sites (N-methyl/N-ethyl adjacent to an activating group) is 1. The number of hydrogen-bond acceptors (Lipinski definition) is 8. The molecule has 37 heavy (non-hydrogen) atoms. The molecule has 0 aliphatic carbocycles. The van der Waals surface area contributed by atoms with Crippen molar-refractivity contribution in [3.05, 3.63) is 59.2 Å². The van der Waals surface area contributed by atoms with Gasteiger partial charge >= 0.3 is 6.09 Å². The van der Waals surface area contributed by atoms with Crippen molar-refractivity contribution in [1.29, 1.82) is 0 Å². The molecule has 0 radical (unpaired) electrons. The number of carboxylic acid groups (broad SMARTS) is 1. The smallest absolute Gasteiger partial charge is 0.413 e. The van der Waals surface area contributed by atoms with E-state index in [0.717, 1.165) is 5.56 Å². The highest BCUT2D eigenvalue weighted by atomic mass is 32.2. The number of carbonyl (C=O) groups excluding carboxylic acids is 1. The van der Waals surface area contributed by atoms with Gasteiger partial charge in [-0.2, -0.15) is 0 Å². The topological polar surface area (TPSA) is 138 Å². The van der Waals surface area contributed by atoms with E-state index in [4.69, 9.17) is 9.47 Å². The molecule has 0 bridgehead atoms. The number of amides is 2. The van der Waals surface area contributed by atoms with E-state index in [1.807, 2.05) is 12.1 Å². The Morgan fingerprint density at radius 2 is 1.92 bits per heavy atom. The van der Waals surface area contributed by atoms with Gasteiger partial charge in [-0.05, 0) is 36.2 Å². The van der Waals surface area contributed by atoms with Gasteiger partial charge in [-0.1, -0.05) is 24.3 Å². The lowest BCUT2D eigenvalue weighted by atomic mass is 10.1. The molecule has 2 aromatic rings. The molecule has 12 heteroatoms. The van der Waals surface area contributed by atoms with Gasteiger partial charge < -0.3 is 24.8 Å². The van der Waals surface area contributed by atoms with Crippen molar-refractivity contribution in [2.24, 2.45) is 4.99 Å². The monoisotopic (exact) mass is 532 g/mol. The van der Waals surface area contributed by atoms with Crippen LogP contribution in [0.15, 0.2) is 52.4 Å².